The molecule has 1 saturated heterocycles. The summed E-state index contributed by atoms with van der Waals surface area (Å²) in [5.41, 5.74) is 4.23. The van der Waals surface area contributed by atoms with Crippen LogP contribution in [0.2, 0.25) is 0 Å². The van der Waals surface area contributed by atoms with Gasteiger partial charge in [-0.05, 0) is 48.7 Å². The maximum Gasteiger partial charge on any atom is 0.324 e. The van der Waals surface area contributed by atoms with E-state index in [4.69, 9.17) is 0 Å². The van der Waals surface area contributed by atoms with Crippen LogP contribution in [0.1, 0.15) is 27.0 Å². The van der Waals surface area contributed by atoms with Crippen LogP contribution in [0.15, 0.2) is 42.5 Å². The highest BCUT2D eigenvalue weighted by atomic mass is 16.2. The predicted octanol–water partition coefficient (Wildman–Crippen LogP) is 2.61. The summed E-state index contributed by atoms with van der Waals surface area (Å²) in [6.45, 7) is 4.19. The van der Waals surface area contributed by atoms with Gasteiger partial charge in [0.25, 0.3) is 5.91 Å². The first-order valence-corrected chi connectivity index (χ1v) is 8.00. The minimum Gasteiger partial charge on any atom is -0.329 e. The maximum atomic E-state index is 12.4. The topological polar surface area (TPSA) is 78.5 Å². The quantitative estimate of drug-likeness (QED) is 0.842. The molecular formula is C19H19N3O3. The first-order chi connectivity index (χ1) is 12.0. The molecule has 6 nitrogen and oxygen atoms in total. The molecule has 0 aromatic heterocycles. The van der Waals surface area contributed by atoms with Gasteiger partial charge < -0.3 is 10.6 Å². The zero-order chi connectivity index (χ0) is 18.0. The summed E-state index contributed by atoms with van der Waals surface area (Å²) >= 11 is 0. The molecule has 0 bridgehead atoms. The first-order valence-electron chi connectivity index (χ1n) is 8.00. The number of benzene rings is 2. The van der Waals surface area contributed by atoms with E-state index in [9.17, 15) is 14.4 Å². The lowest BCUT2D eigenvalue weighted by atomic mass is 10.1. The maximum absolute atomic E-state index is 12.4. The highest BCUT2D eigenvalue weighted by Gasteiger charge is 2.28. The van der Waals surface area contributed by atoms with Crippen molar-refractivity contribution in [3.63, 3.8) is 0 Å². The van der Waals surface area contributed by atoms with E-state index in [1.807, 2.05) is 32.0 Å². The predicted molar refractivity (Wildman–Crippen MR) is 94.3 cm³/mol. The van der Waals surface area contributed by atoms with E-state index in [2.05, 4.69) is 10.6 Å². The Hall–Kier alpha value is -3.15. The Balaban J connectivity index is 1.69. The van der Waals surface area contributed by atoms with Crippen LogP contribution in [0.4, 0.5) is 10.5 Å². The van der Waals surface area contributed by atoms with Crippen LogP contribution in [-0.4, -0.2) is 29.3 Å². The Kier molecular flexibility index (Phi) is 4.52. The van der Waals surface area contributed by atoms with Crippen LogP contribution in [0.25, 0.3) is 0 Å². The molecule has 3 rings (SSSR count). The zero-order valence-electron chi connectivity index (χ0n) is 14.1. The molecule has 2 aromatic carbocycles. The Labute approximate surface area is 145 Å². The van der Waals surface area contributed by atoms with Gasteiger partial charge in [0.2, 0.25) is 5.91 Å². The second kappa shape index (κ2) is 6.76. The fraction of sp³-hybridized carbons (Fsp3) is 0.211. The number of nitrogens with one attached hydrogen (secondary N) is 2. The van der Waals surface area contributed by atoms with Crippen molar-refractivity contribution in [2.24, 2.45) is 0 Å². The molecule has 0 aliphatic carbocycles. The van der Waals surface area contributed by atoms with Crippen molar-refractivity contribution in [3.05, 3.63) is 64.7 Å². The van der Waals surface area contributed by atoms with Gasteiger partial charge in [-0.2, -0.15) is 0 Å². The number of imide groups is 1. The summed E-state index contributed by atoms with van der Waals surface area (Å²) in [7, 11) is 0. The molecule has 4 amide bonds. The van der Waals surface area contributed by atoms with Crippen LogP contribution in [0, 0.1) is 13.8 Å². The van der Waals surface area contributed by atoms with Gasteiger partial charge in [0.1, 0.15) is 0 Å². The second-order valence-electron chi connectivity index (χ2n) is 6.04. The molecule has 25 heavy (non-hydrogen) atoms. The molecular weight excluding hydrogens is 318 g/mol. The number of nitrogens with zero attached hydrogens (tertiary/aromatic N) is 1. The standard InChI is InChI=1S/C19H19N3O3/c1-12-4-3-5-16(13(12)2)21-18(24)15-8-6-14(7-9-15)11-22-17(23)10-20-19(22)25/h3-9H,10-11H2,1-2H3,(H,20,25)(H,21,24). The van der Waals surface area contributed by atoms with E-state index in [-0.39, 0.29) is 30.9 Å². The first kappa shape index (κ1) is 16.7. The van der Waals surface area contributed by atoms with Gasteiger partial charge in [-0.1, -0.05) is 24.3 Å². The van der Waals surface area contributed by atoms with Crippen LogP contribution < -0.4 is 10.6 Å². The van der Waals surface area contributed by atoms with Crippen molar-refractivity contribution < 1.29 is 14.4 Å². The third kappa shape index (κ3) is 3.52. The van der Waals surface area contributed by atoms with Gasteiger partial charge in [-0.25, -0.2) is 4.79 Å². The Morgan fingerprint density at radius 3 is 2.48 bits per heavy atom. The van der Waals surface area contributed by atoms with Gasteiger partial charge in [-0.15, -0.1) is 0 Å². The smallest absolute Gasteiger partial charge is 0.324 e. The SMILES string of the molecule is Cc1cccc(NC(=O)c2ccc(CN3C(=O)CNC3=O)cc2)c1C. The monoisotopic (exact) mass is 337 g/mol. The van der Waals surface area contributed by atoms with E-state index in [0.29, 0.717) is 5.56 Å². The van der Waals surface area contributed by atoms with E-state index >= 15 is 0 Å². The van der Waals surface area contributed by atoms with Gasteiger partial charge >= 0.3 is 6.03 Å². The van der Waals surface area contributed by atoms with Gasteiger partial charge in [0.15, 0.2) is 0 Å². The minimum absolute atomic E-state index is 0.0369. The third-order valence-corrected chi connectivity index (χ3v) is 4.35. The van der Waals surface area contributed by atoms with Crippen molar-refractivity contribution in [1.29, 1.82) is 0 Å². The van der Waals surface area contributed by atoms with Crippen molar-refractivity contribution in [2.45, 2.75) is 20.4 Å². The normalized spacial score (nSPS) is 13.8. The summed E-state index contributed by atoms with van der Waals surface area (Å²) < 4.78 is 0. The molecule has 2 aromatic rings. The highest BCUT2D eigenvalue weighted by molar-refractivity contribution is 6.05. The Morgan fingerprint density at radius 1 is 1.12 bits per heavy atom. The molecule has 128 valence electrons. The fourth-order valence-electron chi connectivity index (χ4n) is 2.64. The lowest BCUT2D eigenvalue weighted by Gasteiger charge is -2.13. The lowest BCUT2D eigenvalue weighted by molar-refractivity contribution is -0.125. The molecule has 2 N–H and O–H groups in total. The number of urea groups is 1. The van der Waals surface area contributed by atoms with Crippen molar-refractivity contribution in [1.82, 2.24) is 10.2 Å². The molecule has 1 fully saturated rings. The number of carbonyl (C=O) groups excluding carboxylic acids is 3. The fourth-order valence-corrected chi connectivity index (χ4v) is 2.64. The van der Waals surface area contributed by atoms with E-state index in [1.165, 1.54) is 0 Å². The second-order valence-corrected chi connectivity index (χ2v) is 6.04. The average molecular weight is 337 g/mol. The molecule has 6 heteroatoms. The summed E-state index contributed by atoms with van der Waals surface area (Å²) in [6.07, 6.45) is 0. The van der Waals surface area contributed by atoms with Crippen LogP contribution in [0.3, 0.4) is 0 Å². The summed E-state index contributed by atoms with van der Waals surface area (Å²) in [5.74, 6) is -0.447. The summed E-state index contributed by atoms with van der Waals surface area (Å²) in [6, 6.07) is 12.2. The number of carbonyl (C=O) groups is 3. The third-order valence-electron chi connectivity index (χ3n) is 4.35. The number of hydrogen-bond donors (Lipinski definition) is 2. The highest BCUT2D eigenvalue weighted by Crippen LogP contribution is 2.19. The number of amides is 4. The molecule has 0 atom stereocenters. The number of anilines is 1. The zero-order valence-corrected chi connectivity index (χ0v) is 14.1. The number of rotatable bonds is 4. The largest absolute Gasteiger partial charge is 0.329 e. The lowest BCUT2D eigenvalue weighted by Crippen LogP contribution is -2.30. The molecule has 1 heterocycles. The average Bonchev–Trinajstić information content (AvgIpc) is 2.91. The Morgan fingerprint density at radius 2 is 1.84 bits per heavy atom. The van der Waals surface area contributed by atoms with Crippen molar-refractivity contribution in [2.75, 3.05) is 11.9 Å². The molecule has 0 saturated carbocycles. The Bertz CT molecular complexity index is 827. The van der Waals surface area contributed by atoms with Gasteiger partial charge in [0, 0.05) is 11.3 Å². The summed E-state index contributed by atoms with van der Waals surface area (Å²) in [5, 5.41) is 5.39. The van der Waals surface area contributed by atoms with Crippen molar-refractivity contribution in [3.8, 4) is 0 Å². The van der Waals surface area contributed by atoms with Crippen LogP contribution >= 0.6 is 0 Å². The van der Waals surface area contributed by atoms with E-state index in [0.717, 1.165) is 27.3 Å². The summed E-state index contributed by atoms with van der Waals surface area (Å²) in [4.78, 5) is 36.7. The molecule has 0 unspecified atom stereocenters. The number of aryl methyl sites for hydroxylation is 1. The van der Waals surface area contributed by atoms with Crippen molar-refractivity contribution >= 4 is 23.5 Å². The molecule has 0 spiro atoms. The van der Waals surface area contributed by atoms with E-state index in [1.54, 1.807) is 24.3 Å². The van der Waals surface area contributed by atoms with Crippen LogP contribution in [-0.2, 0) is 11.3 Å². The van der Waals surface area contributed by atoms with Gasteiger partial charge in [-0.3, -0.25) is 14.5 Å². The molecule has 0 radical (unpaired) electrons. The molecule has 1 aliphatic rings. The molecule has 1 aliphatic heterocycles. The number of hydrogen-bond acceptors (Lipinski definition) is 3. The van der Waals surface area contributed by atoms with Crippen LogP contribution in [0.5, 0.6) is 0 Å². The minimum atomic E-state index is -0.387. The van der Waals surface area contributed by atoms with Gasteiger partial charge in [0.05, 0.1) is 13.1 Å². The van der Waals surface area contributed by atoms with E-state index < -0.39 is 0 Å².